The number of ether oxygens (including phenoxy) is 2. The molecule has 2 aromatic carbocycles. The standard InChI is InChI=1S/C25H28N2O3S/c1-3-5-17-30-22-13-9-20(10-14-22)23-18-31-25(26-23)27-24(28)15-8-19-6-11-21(12-7-19)29-16-4-2/h6-15,18H,3-5,16-17H2,1-2H3,(H,26,27,28). The Morgan fingerprint density at radius 1 is 0.968 bits per heavy atom. The lowest BCUT2D eigenvalue weighted by molar-refractivity contribution is -0.111. The molecule has 0 fully saturated rings. The second kappa shape index (κ2) is 11.9. The van der Waals surface area contributed by atoms with Crippen LogP contribution in [0.2, 0.25) is 0 Å². The third kappa shape index (κ3) is 7.26. The third-order valence-electron chi connectivity index (χ3n) is 4.43. The first-order chi connectivity index (χ1) is 15.2. The Morgan fingerprint density at radius 2 is 1.65 bits per heavy atom. The van der Waals surface area contributed by atoms with E-state index in [1.807, 2.05) is 53.9 Å². The van der Waals surface area contributed by atoms with Crippen LogP contribution in [0.4, 0.5) is 5.13 Å². The number of nitrogens with one attached hydrogen (secondary N) is 1. The number of rotatable bonds is 11. The molecule has 0 saturated heterocycles. The van der Waals surface area contributed by atoms with Crippen molar-refractivity contribution in [3.05, 3.63) is 65.6 Å². The van der Waals surface area contributed by atoms with Crippen LogP contribution in [0.15, 0.2) is 60.0 Å². The van der Waals surface area contributed by atoms with E-state index in [0.29, 0.717) is 11.7 Å². The number of benzene rings is 2. The summed E-state index contributed by atoms with van der Waals surface area (Å²) in [6.45, 7) is 5.64. The fourth-order valence-corrected chi connectivity index (χ4v) is 3.46. The van der Waals surface area contributed by atoms with Crippen LogP contribution in [-0.2, 0) is 4.79 Å². The Kier molecular flexibility index (Phi) is 8.67. The monoisotopic (exact) mass is 436 g/mol. The molecular formula is C25H28N2O3S. The highest BCUT2D eigenvalue weighted by molar-refractivity contribution is 7.14. The molecule has 1 aromatic heterocycles. The van der Waals surface area contributed by atoms with Gasteiger partial charge in [-0.25, -0.2) is 4.98 Å². The van der Waals surface area contributed by atoms with E-state index < -0.39 is 0 Å². The predicted octanol–water partition coefficient (Wildman–Crippen LogP) is 6.43. The topological polar surface area (TPSA) is 60.5 Å². The van der Waals surface area contributed by atoms with Crippen LogP contribution in [0.3, 0.4) is 0 Å². The molecule has 162 valence electrons. The van der Waals surface area contributed by atoms with Crippen molar-refractivity contribution in [2.75, 3.05) is 18.5 Å². The van der Waals surface area contributed by atoms with Crippen molar-refractivity contribution in [2.24, 2.45) is 0 Å². The van der Waals surface area contributed by atoms with Crippen LogP contribution in [0, 0.1) is 0 Å². The molecule has 5 nitrogen and oxygen atoms in total. The van der Waals surface area contributed by atoms with Crippen LogP contribution in [0.25, 0.3) is 17.3 Å². The number of anilines is 1. The molecule has 0 spiro atoms. The summed E-state index contributed by atoms with van der Waals surface area (Å²) < 4.78 is 11.3. The predicted molar refractivity (Wildman–Crippen MR) is 128 cm³/mol. The third-order valence-corrected chi connectivity index (χ3v) is 5.19. The second-order valence-electron chi connectivity index (χ2n) is 7.00. The van der Waals surface area contributed by atoms with Gasteiger partial charge >= 0.3 is 0 Å². The van der Waals surface area contributed by atoms with E-state index in [-0.39, 0.29) is 5.91 Å². The zero-order chi connectivity index (χ0) is 21.9. The molecule has 1 N–H and O–H groups in total. The minimum Gasteiger partial charge on any atom is -0.494 e. The Balaban J connectivity index is 1.53. The zero-order valence-electron chi connectivity index (χ0n) is 18.0. The molecule has 0 atom stereocenters. The van der Waals surface area contributed by atoms with Crippen molar-refractivity contribution < 1.29 is 14.3 Å². The number of nitrogens with zero attached hydrogens (tertiary/aromatic N) is 1. The van der Waals surface area contributed by atoms with Gasteiger partial charge in [-0.2, -0.15) is 0 Å². The number of hydrogen-bond acceptors (Lipinski definition) is 5. The summed E-state index contributed by atoms with van der Waals surface area (Å²) in [4.78, 5) is 16.8. The molecule has 1 amide bonds. The number of aromatic nitrogens is 1. The average molecular weight is 437 g/mol. The summed E-state index contributed by atoms with van der Waals surface area (Å²) in [5, 5.41) is 5.32. The molecule has 3 aromatic rings. The van der Waals surface area contributed by atoms with E-state index in [9.17, 15) is 4.79 Å². The SMILES string of the molecule is CCCCOc1ccc(-c2csc(NC(=O)C=Cc3ccc(OCCC)cc3)n2)cc1. The number of carbonyl (C=O) groups excluding carboxylic acids is 1. The summed E-state index contributed by atoms with van der Waals surface area (Å²) in [7, 11) is 0. The lowest BCUT2D eigenvalue weighted by atomic mass is 10.2. The van der Waals surface area contributed by atoms with Crippen LogP contribution in [0.1, 0.15) is 38.7 Å². The largest absolute Gasteiger partial charge is 0.494 e. The molecule has 0 saturated carbocycles. The molecule has 6 heteroatoms. The van der Waals surface area contributed by atoms with Crippen molar-refractivity contribution in [1.82, 2.24) is 4.98 Å². The Hall–Kier alpha value is -3.12. The summed E-state index contributed by atoms with van der Waals surface area (Å²) in [6, 6.07) is 15.5. The number of amides is 1. The Bertz CT molecular complexity index is 979. The summed E-state index contributed by atoms with van der Waals surface area (Å²) in [5.74, 6) is 1.47. The molecule has 3 rings (SSSR count). The molecule has 1 heterocycles. The van der Waals surface area contributed by atoms with E-state index in [1.54, 1.807) is 6.08 Å². The van der Waals surface area contributed by atoms with E-state index >= 15 is 0 Å². The Morgan fingerprint density at radius 3 is 2.32 bits per heavy atom. The van der Waals surface area contributed by atoms with Gasteiger partial charge in [-0.15, -0.1) is 11.3 Å². The molecule has 0 aliphatic carbocycles. The summed E-state index contributed by atoms with van der Waals surface area (Å²) in [6.07, 6.45) is 6.40. The van der Waals surface area contributed by atoms with Gasteiger partial charge in [0, 0.05) is 17.0 Å². The van der Waals surface area contributed by atoms with Gasteiger partial charge in [-0.05, 0) is 60.9 Å². The lowest BCUT2D eigenvalue weighted by Gasteiger charge is -2.05. The molecule has 31 heavy (non-hydrogen) atoms. The maximum absolute atomic E-state index is 12.2. The normalized spacial score (nSPS) is 10.9. The zero-order valence-corrected chi connectivity index (χ0v) is 18.8. The molecular weight excluding hydrogens is 408 g/mol. The smallest absolute Gasteiger partial charge is 0.250 e. The van der Waals surface area contributed by atoms with Crippen molar-refractivity contribution in [3.63, 3.8) is 0 Å². The molecule has 0 unspecified atom stereocenters. The fourth-order valence-electron chi connectivity index (χ4n) is 2.73. The van der Waals surface area contributed by atoms with Gasteiger partial charge in [-0.3, -0.25) is 10.1 Å². The van der Waals surface area contributed by atoms with E-state index in [1.165, 1.54) is 17.4 Å². The molecule has 0 radical (unpaired) electrons. The van der Waals surface area contributed by atoms with E-state index in [4.69, 9.17) is 9.47 Å². The van der Waals surface area contributed by atoms with Gasteiger partial charge in [0.1, 0.15) is 11.5 Å². The first kappa shape index (κ1) is 22.6. The van der Waals surface area contributed by atoms with Gasteiger partial charge in [0.05, 0.1) is 18.9 Å². The number of carbonyl (C=O) groups is 1. The van der Waals surface area contributed by atoms with E-state index in [2.05, 4.69) is 24.1 Å². The number of hydrogen-bond donors (Lipinski definition) is 1. The number of thiazole rings is 1. The summed E-state index contributed by atoms with van der Waals surface area (Å²) in [5.41, 5.74) is 2.74. The molecule has 0 aliphatic rings. The van der Waals surface area contributed by atoms with Crippen LogP contribution >= 0.6 is 11.3 Å². The maximum atomic E-state index is 12.2. The van der Waals surface area contributed by atoms with Crippen molar-refractivity contribution >= 4 is 28.5 Å². The van der Waals surface area contributed by atoms with E-state index in [0.717, 1.165) is 54.2 Å². The molecule has 0 aliphatic heterocycles. The summed E-state index contributed by atoms with van der Waals surface area (Å²) >= 11 is 1.40. The Labute approximate surface area is 187 Å². The van der Waals surface area contributed by atoms with Gasteiger partial charge in [0.25, 0.3) is 0 Å². The van der Waals surface area contributed by atoms with Gasteiger partial charge < -0.3 is 9.47 Å². The van der Waals surface area contributed by atoms with Crippen molar-refractivity contribution in [3.8, 4) is 22.8 Å². The van der Waals surface area contributed by atoms with Gasteiger partial charge in [-0.1, -0.05) is 32.4 Å². The first-order valence-electron chi connectivity index (χ1n) is 10.6. The highest BCUT2D eigenvalue weighted by atomic mass is 32.1. The average Bonchev–Trinajstić information content (AvgIpc) is 3.26. The van der Waals surface area contributed by atoms with Crippen molar-refractivity contribution in [1.29, 1.82) is 0 Å². The van der Waals surface area contributed by atoms with Crippen LogP contribution in [-0.4, -0.2) is 24.1 Å². The minimum absolute atomic E-state index is 0.216. The molecule has 0 bridgehead atoms. The first-order valence-corrected chi connectivity index (χ1v) is 11.5. The van der Waals surface area contributed by atoms with Crippen LogP contribution in [0.5, 0.6) is 11.5 Å². The fraction of sp³-hybridized carbons (Fsp3) is 0.280. The lowest BCUT2D eigenvalue weighted by Crippen LogP contribution is -2.07. The quantitative estimate of drug-likeness (QED) is 0.278. The maximum Gasteiger partial charge on any atom is 0.250 e. The highest BCUT2D eigenvalue weighted by Gasteiger charge is 2.07. The van der Waals surface area contributed by atoms with Gasteiger partial charge in [0.15, 0.2) is 5.13 Å². The van der Waals surface area contributed by atoms with Crippen LogP contribution < -0.4 is 14.8 Å². The minimum atomic E-state index is -0.216. The second-order valence-corrected chi connectivity index (χ2v) is 7.86. The van der Waals surface area contributed by atoms with Gasteiger partial charge in [0.2, 0.25) is 5.91 Å². The number of unbranched alkanes of at least 4 members (excludes halogenated alkanes) is 1. The highest BCUT2D eigenvalue weighted by Crippen LogP contribution is 2.26. The van der Waals surface area contributed by atoms with Crippen molar-refractivity contribution in [2.45, 2.75) is 33.1 Å².